The van der Waals surface area contributed by atoms with Gasteiger partial charge in [-0.25, -0.2) is 0 Å². The van der Waals surface area contributed by atoms with Crippen LogP contribution in [0.5, 0.6) is 5.75 Å². The summed E-state index contributed by atoms with van der Waals surface area (Å²) in [6, 6.07) is 7.46. The Morgan fingerprint density at radius 1 is 1.17 bits per heavy atom. The molecule has 0 saturated heterocycles. The fourth-order valence-electron chi connectivity index (χ4n) is 2.52. The summed E-state index contributed by atoms with van der Waals surface area (Å²) in [6.45, 7) is 11.8. The number of anilines is 1. The molecule has 1 amide bonds. The standard InChI is InChI=1S/C19H32N2O3/c1-6-13-19(4,23-5)18(22)20-16-9-11-17(12-10-16)24-15-14-21(7-2)8-3/h9-12H,6-8,13-15H2,1-5H3,(H,20,22)/t19-/m0/s1. The molecule has 0 heterocycles. The van der Waals surface area contributed by atoms with Crippen molar-refractivity contribution in [3.05, 3.63) is 24.3 Å². The number of amides is 1. The molecule has 1 atom stereocenters. The lowest BCUT2D eigenvalue weighted by molar-refractivity contribution is -0.136. The Kier molecular flexibility index (Phi) is 8.79. The summed E-state index contributed by atoms with van der Waals surface area (Å²) >= 11 is 0. The van der Waals surface area contributed by atoms with Crippen LogP contribution in [-0.4, -0.2) is 49.8 Å². The van der Waals surface area contributed by atoms with Crippen molar-refractivity contribution in [2.45, 2.75) is 46.1 Å². The Bertz CT molecular complexity index is 486. The SMILES string of the molecule is CCC[C@](C)(OC)C(=O)Nc1ccc(OCCN(CC)CC)cc1. The second kappa shape index (κ2) is 10.3. The first-order valence-electron chi connectivity index (χ1n) is 8.80. The molecule has 1 N–H and O–H groups in total. The normalized spacial score (nSPS) is 13.6. The highest BCUT2D eigenvalue weighted by molar-refractivity contribution is 5.97. The van der Waals surface area contributed by atoms with Gasteiger partial charge in [-0.1, -0.05) is 27.2 Å². The molecule has 0 aliphatic carbocycles. The van der Waals surface area contributed by atoms with Crippen LogP contribution in [0.4, 0.5) is 5.69 Å². The maximum Gasteiger partial charge on any atom is 0.256 e. The number of ether oxygens (including phenoxy) is 2. The van der Waals surface area contributed by atoms with E-state index in [0.717, 1.165) is 37.5 Å². The summed E-state index contributed by atoms with van der Waals surface area (Å²) < 4.78 is 11.1. The third-order valence-electron chi connectivity index (χ3n) is 4.34. The molecule has 0 bridgehead atoms. The van der Waals surface area contributed by atoms with Gasteiger partial charge in [0.2, 0.25) is 0 Å². The fourth-order valence-corrected chi connectivity index (χ4v) is 2.52. The van der Waals surface area contributed by atoms with Crippen LogP contribution in [0.3, 0.4) is 0 Å². The van der Waals surface area contributed by atoms with Gasteiger partial charge in [-0.05, 0) is 50.7 Å². The Balaban J connectivity index is 2.54. The Morgan fingerprint density at radius 2 is 1.79 bits per heavy atom. The van der Waals surface area contributed by atoms with E-state index in [1.165, 1.54) is 0 Å². The van der Waals surface area contributed by atoms with E-state index in [9.17, 15) is 4.79 Å². The number of nitrogens with zero attached hydrogens (tertiary/aromatic N) is 1. The topological polar surface area (TPSA) is 50.8 Å². The summed E-state index contributed by atoms with van der Waals surface area (Å²) in [6.07, 6.45) is 1.57. The largest absolute Gasteiger partial charge is 0.492 e. The number of likely N-dealkylation sites (N-methyl/N-ethyl adjacent to an activating group) is 1. The maximum atomic E-state index is 12.4. The van der Waals surface area contributed by atoms with E-state index < -0.39 is 5.60 Å². The van der Waals surface area contributed by atoms with Gasteiger partial charge in [0.05, 0.1) is 0 Å². The van der Waals surface area contributed by atoms with E-state index in [1.807, 2.05) is 38.1 Å². The molecule has 1 aromatic carbocycles. The highest BCUT2D eigenvalue weighted by atomic mass is 16.5. The number of rotatable bonds is 11. The molecule has 0 saturated carbocycles. The first-order chi connectivity index (χ1) is 11.5. The summed E-state index contributed by atoms with van der Waals surface area (Å²) in [5.41, 5.74) is -0.0521. The van der Waals surface area contributed by atoms with Crippen molar-refractivity contribution in [3.63, 3.8) is 0 Å². The van der Waals surface area contributed by atoms with Crippen LogP contribution in [0.15, 0.2) is 24.3 Å². The van der Waals surface area contributed by atoms with Crippen LogP contribution in [0.25, 0.3) is 0 Å². The zero-order chi connectivity index (χ0) is 18.0. The van der Waals surface area contributed by atoms with Crippen molar-refractivity contribution in [2.24, 2.45) is 0 Å². The molecule has 136 valence electrons. The van der Waals surface area contributed by atoms with Crippen molar-refractivity contribution >= 4 is 11.6 Å². The molecule has 5 nitrogen and oxygen atoms in total. The van der Waals surface area contributed by atoms with Crippen LogP contribution in [0, 0.1) is 0 Å². The van der Waals surface area contributed by atoms with Gasteiger partial charge in [0.1, 0.15) is 18.0 Å². The van der Waals surface area contributed by atoms with E-state index in [2.05, 4.69) is 24.1 Å². The van der Waals surface area contributed by atoms with Gasteiger partial charge in [0.25, 0.3) is 5.91 Å². The Labute approximate surface area is 146 Å². The number of benzene rings is 1. The number of carbonyl (C=O) groups excluding carboxylic acids is 1. The number of hydrogen-bond acceptors (Lipinski definition) is 4. The zero-order valence-corrected chi connectivity index (χ0v) is 15.7. The highest BCUT2D eigenvalue weighted by Crippen LogP contribution is 2.21. The van der Waals surface area contributed by atoms with E-state index in [0.29, 0.717) is 13.0 Å². The Hall–Kier alpha value is -1.59. The summed E-state index contributed by atoms with van der Waals surface area (Å²) in [4.78, 5) is 14.7. The third kappa shape index (κ3) is 6.13. The molecule has 0 unspecified atom stereocenters. The lowest BCUT2D eigenvalue weighted by Crippen LogP contribution is -2.41. The quantitative estimate of drug-likeness (QED) is 0.671. The molecule has 0 aliphatic rings. The van der Waals surface area contributed by atoms with Crippen LogP contribution in [0.2, 0.25) is 0 Å². The van der Waals surface area contributed by atoms with E-state index >= 15 is 0 Å². The molecule has 0 fully saturated rings. The van der Waals surface area contributed by atoms with Crippen molar-refractivity contribution in [1.82, 2.24) is 4.90 Å². The monoisotopic (exact) mass is 336 g/mol. The average Bonchev–Trinajstić information content (AvgIpc) is 2.60. The van der Waals surface area contributed by atoms with Gasteiger partial charge in [0.15, 0.2) is 0 Å². The molecular formula is C19H32N2O3. The summed E-state index contributed by atoms with van der Waals surface area (Å²) in [7, 11) is 1.57. The molecular weight excluding hydrogens is 304 g/mol. The average molecular weight is 336 g/mol. The van der Waals surface area contributed by atoms with Gasteiger partial charge in [-0.2, -0.15) is 0 Å². The van der Waals surface area contributed by atoms with E-state index in [-0.39, 0.29) is 5.91 Å². The van der Waals surface area contributed by atoms with Crippen LogP contribution in [-0.2, 0) is 9.53 Å². The Morgan fingerprint density at radius 3 is 2.29 bits per heavy atom. The number of methoxy groups -OCH3 is 1. The molecule has 0 aliphatic heterocycles. The van der Waals surface area contributed by atoms with Crippen LogP contribution < -0.4 is 10.1 Å². The molecule has 0 radical (unpaired) electrons. The summed E-state index contributed by atoms with van der Waals surface area (Å²) in [5.74, 6) is 0.685. The number of carbonyl (C=O) groups is 1. The van der Waals surface area contributed by atoms with Crippen molar-refractivity contribution < 1.29 is 14.3 Å². The van der Waals surface area contributed by atoms with Crippen molar-refractivity contribution in [3.8, 4) is 5.75 Å². The minimum Gasteiger partial charge on any atom is -0.492 e. The first-order valence-corrected chi connectivity index (χ1v) is 8.80. The molecule has 0 aromatic heterocycles. The zero-order valence-electron chi connectivity index (χ0n) is 15.7. The lowest BCUT2D eigenvalue weighted by atomic mass is 9.99. The van der Waals surface area contributed by atoms with Crippen molar-refractivity contribution in [1.29, 1.82) is 0 Å². The summed E-state index contributed by atoms with van der Waals surface area (Å²) in [5, 5.41) is 2.91. The second-order valence-corrected chi connectivity index (χ2v) is 6.04. The molecule has 1 rings (SSSR count). The maximum absolute atomic E-state index is 12.4. The van der Waals surface area contributed by atoms with Gasteiger partial charge < -0.3 is 19.7 Å². The lowest BCUT2D eigenvalue weighted by Gasteiger charge is -2.26. The highest BCUT2D eigenvalue weighted by Gasteiger charge is 2.31. The van der Waals surface area contributed by atoms with Crippen LogP contribution in [0.1, 0.15) is 40.5 Å². The number of nitrogens with one attached hydrogen (secondary N) is 1. The van der Waals surface area contributed by atoms with E-state index in [1.54, 1.807) is 7.11 Å². The second-order valence-electron chi connectivity index (χ2n) is 6.04. The molecule has 24 heavy (non-hydrogen) atoms. The van der Waals surface area contributed by atoms with Crippen molar-refractivity contribution in [2.75, 3.05) is 38.7 Å². The smallest absolute Gasteiger partial charge is 0.256 e. The van der Waals surface area contributed by atoms with Crippen LogP contribution >= 0.6 is 0 Å². The molecule has 1 aromatic rings. The first kappa shape index (κ1) is 20.5. The predicted molar refractivity (Wildman–Crippen MR) is 98.7 cm³/mol. The van der Waals surface area contributed by atoms with Gasteiger partial charge >= 0.3 is 0 Å². The molecule has 5 heteroatoms. The number of hydrogen-bond donors (Lipinski definition) is 1. The fraction of sp³-hybridized carbons (Fsp3) is 0.632. The van der Waals surface area contributed by atoms with E-state index in [4.69, 9.17) is 9.47 Å². The van der Waals surface area contributed by atoms with Gasteiger partial charge in [-0.15, -0.1) is 0 Å². The molecule has 0 spiro atoms. The van der Waals surface area contributed by atoms with Gasteiger partial charge in [0, 0.05) is 19.3 Å². The minimum absolute atomic E-state index is 0.123. The minimum atomic E-state index is -0.798. The third-order valence-corrected chi connectivity index (χ3v) is 4.34. The van der Waals surface area contributed by atoms with Gasteiger partial charge in [-0.3, -0.25) is 4.79 Å². The predicted octanol–water partition coefficient (Wildman–Crippen LogP) is 3.55.